The average molecular weight is 336 g/mol. The van der Waals surface area contributed by atoms with Crippen LogP contribution in [0.3, 0.4) is 0 Å². The maximum Gasteiger partial charge on any atom is 0.327 e. The monoisotopic (exact) mass is 336 g/mol. The molecule has 4 heteroatoms. The molecule has 0 saturated heterocycles. The molecule has 0 unspecified atom stereocenters. The van der Waals surface area contributed by atoms with E-state index in [0.717, 1.165) is 18.9 Å². The Kier molecular flexibility index (Phi) is 16.5. The molecular weight excluding hydrogens is 304 g/mol. The van der Waals surface area contributed by atoms with Crippen LogP contribution in [-0.2, 0) is 9.68 Å². The van der Waals surface area contributed by atoms with Crippen LogP contribution in [0.25, 0.3) is 0 Å². The first-order valence-electron chi connectivity index (χ1n) is 8.88. The summed E-state index contributed by atoms with van der Waals surface area (Å²) in [5.74, 6) is -1.01. The standard InChI is InChI=1S/C20H32O4/c1-2-3-4-5-6-7-8-9-10-11-12-13-14-16-19(24-23)17-15-18-20(21)22/h9-10,12-16,18-19,23H,2-8,11,17H2,1H3,(H,21,22)/t19-/m1/s1. The highest BCUT2D eigenvalue weighted by atomic mass is 17.1. The zero-order valence-electron chi connectivity index (χ0n) is 14.8. The van der Waals surface area contributed by atoms with Gasteiger partial charge in [0.15, 0.2) is 0 Å². The van der Waals surface area contributed by atoms with Crippen LogP contribution in [0, 0.1) is 0 Å². The molecule has 0 spiro atoms. The van der Waals surface area contributed by atoms with Crippen LogP contribution in [0.5, 0.6) is 0 Å². The lowest BCUT2D eigenvalue weighted by molar-refractivity contribution is -0.264. The van der Waals surface area contributed by atoms with Gasteiger partial charge in [-0.1, -0.05) is 81.6 Å². The molecular formula is C20H32O4. The third-order valence-electron chi connectivity index (χ3n) is 3.50. The lowest BCUT2D eigenvalue weighted by Gasteiger charge is -2.03. The van der Waals surface area contributed by atoms with Crippen LogP contribution in [0.15, 0.2) is 48.6 Å². The second kappa shape index (κ2) is 17.7. The first-order valence-corrected chi connectivity index (χ1v) is 8.88. The molecule has 136 valence electrons. The molecule has 0 rings (SSSR count). The summed E-state index contributed by atoms with van der Waals surface area (Å²) in [5.41, 5.74) is 0. The summed E-state index contributed by atoms with van der Waals surface area (Å²) < 4.78 is 0. The lowest BCUT2D eigenvalue weighted by Crippen LogP contribution is -2.05. The van der Waals surface area contributed by atoms with Gasteiger partial charge in [-0.05, 0) is 25.7 Å². The van der Waals surface area contributed by atoms with Crippen molar-refractivity contribution in [3.63, 3.8) is 0 Å². The molecule has 0 aliphatic rings. The Labute approximate surface area is 146 Å². The highest BCUT2D eigenvalue weighted by Crippen LogP contribution is 2.07. The quantitative estimate of drug-likeness (QED) is 0.101. The van der Waals surface area contributed by atoms with Gasteiger partial charge < -0.3 is 5.11 Å². The Balaban J connectivity index is 3.71. The number of aliphatic carboxylic acids is 1. The van der Waals surface area contributed by atoms with Gasteiger partial charge in [0.1, 0.15) is 6.10 Å². The maximum absolute atomic E-state index is 10.3. The zero-order chi connectivity index (χ0) is 17.9. The van der Waals surface area contributed by atoms with Crippen molar-refractivity contribution in [3.05, 3.63) is 48.6 Å². The van der Waals surface area contributed by atoms with Crippen LogP contribution in [0.2, 0.25) is 0 Å². The van der Waals surface area contributed by atoms with Crippen molar-refractivity contribution in [1.82, 2.24) is 0 Å². The molecule has 0 aliphatic carbocycles. The van der Waals surface area contributed by atoms with Gasteiger partial charge >= 0.3 is 5.97 Å². The van der Waals surface area contributed by atoms with E-state index in [2.05, 4.69) is 24.0 Å². The number of hydrogen-bond donors (Lipinski definition) is 2. The van der Waals surface area contributed by atoms with E-state index in [1.54, 1.807) is 12.2 Å². The molecule has 0 bridgehead atoms. The van der Waals surface area contributed by atoms with Gasteiger partial charge in [-0.15, -0.1) is 0 Å². The van der Waals surface area contributed by atoms with E-state index in [9.17, 15) is 4.79 Å². The second-order valence-electron chi connectivity index (χ2n) is 5.70. The third-order valence-corrected chi connectivity index (χ3v) is 3.50. The largest absolute Gasteiger partial charge is 0.478 e. The SMILES string of the molecule is CCCCCCCCC=CCC=CC=C[C@H](CC=CC(=O)O)OO. The smallest absolute Gasteiger partial charge is 0.327 e. The van der Waals surface area contributed by atoms with Crippen molar-refractivity contribution >= 4 is 5.97 Å². The fourth-order valence-electron chi connectivity index (χ4n) is 2.14. The fraction of sp³-hybridized carbons (Fsp3) is 0.550. The van der Waals surface area contributed by atoms with Crippen molar-refractivity contribution < 1.29 is 20.0 Å². The van der Waals surface area contributed by atoms with Crippen molar-refractivity contribution in [2.45, 2.75) is 70.8 Å². The minimum absolute atomic E-state index is 0.311. The Morgan fingerprint density at radius 1 is 1.00 bits per heavy atom. The van der Waals surface area contributed by atoms with Crippen LogP contribution >= 0.6 is 0 Å². The van der Waals surface area contributed by atoms with Crippen LogP contribution in [0.4, 0.5) is 0 Å². The Hall–Kier alpha value is -1.65. The van der Waals surface area contributed by atoms with E-state index in [0.29, 0.717) is 6.42 Å². The molecule has 0 aliphatic heterocycles. The van der Waals surface area contributed by atoms with Gasteiger partial charge in [0.25, 0.3) is 0 Å². The summed E-state index contributed by atoms with van der Waals surface area (Å²) >= 11 is 0. The number of carboxylic acid groups (broad SMARTS) is 1. The summed E-state index contributed by atoms with van der Waals surface area (Å²) in [6.07, 6.45) is 24.0. The van der Waals surface area contributed by atoms with E-state index in [4.69, 9.17) is 10.4 Å². The van der Waals surface area contributed by atoms with E-state index in [1.807, 2.05) is 12.2 Å². The fourth-order valence-corrected chi connectivity index (χ4v) is 2.14. The number of rotatable bonds is 15. The summed E-state index contributed by atoms with van der Waals surface area (Å²) in [6, 6.07) is 0. The number of carboxylic acids is 1. The summed E-state index contributed by atoms with van der Waals surface area (Å²) in [5, 5.41) is 17.2. The molecule has 4 nitrogen and oxygen atoms in total. The Morgan fingerprint density at radius 2 is 1.75 bits per heavy atom. The summed E-state index contributed by atoms with van der Waals surface area (Å²) in [4.78, 5) is 14.6. The molecule has 0 aromatic rings. The van der Waals surface area contributed by atoms with E-state index >= 15 is 0 Å². The molecule has 24 heavy (non-hydrogen) atoms. The van der Waals surface area contributed by atoms with E-state index in [-0.39, 0.29) is 0 Å². The normalized spacial score (nSPS) is 13.8. The van der Waals surface area contributed by atoms with Gasteiger partial charge in [0, 0.05) is 6.08 Å². The first-order chi connectivity index (χ1) is 11.7. The Bertz CT molecular complexity index is 408. The van der Waals surface area contributed by atoms with Gasteiger partial charge in [-0.2, -0.15) is 0 Å². The lowest BCUT2D eigenvalue weighted by atomic mass is 10.1. The highest BCUT2D eigenvalue weighted by Gasteiger charge is 2.00. The molecule has 0 aromatic carbocycles. The summed E-state index contributed by atoms with van der Waals surface area (Å²) in [7, 11) is 0. The van der Waals surface area contributed by atoms with Gasteiger partial charge in [-0.3, -0.25) is 5.26 Å². The minimum Gasteiger partial charge on any atom is -0.478 e. The maximum atomic E-state index is 10.3. The number of unbranched alkanes of at least 4 members (excludes halogenated alkanes) is 6. The molecule has 0 heterocycles. The first kappa shape index (κ1) is 22.4. The average Bonchev–Trinajstić information content (AvgIpc) is 2.57. The molecule has 0 fully saturated rings. The van der Waals surface area contributed by atoms with Crippen LogP contribution in [-0.4, -0.2) is 22.4 Å². The zero-order valence-corrected chi connectivity index (χ0v) is 14.8. The summed E-state index contributed by atoms with van der Waals surface area (Å²) in [6.45, 7) is 2.24. The topological polar surface area (TPSA) is 66.8 Å². The third kappa shape index (κ3) is 16.7. The predicted molar refractivity (Wildman–Crippen MR) is 98.9 cm³/mol. The highest BCUT2D eigenvalue weighted by molar-refractivity contribution is 5.79. The van der Waals surface area contributed by atoms with Crippen molar-refractivity contribution in [2.75, 3.05) is 0 Å². The van der Waals surface area contributed by atoms with Crippen LogP contribution in [0.1, 0.15) is 64.7 Å². The van der Waals surface area contributed by atoms with Gasteiger partial charge in [-0.25, -0.2) is 9.68 Å². The Morgan fingerprint density at radius 3 is 2.46 bits per heavy atom. The molecule has 2 N–H and O–H groups in total. The number of allylic oxidation sites excluding steroid dienone is 5. The molecule has 1 atom stereocenters. The number of hydrogen-bond acceptors (Lipinski definition) is 3. The molecule has 0 radical (unpaired) electrons. The van der Waals surface area contributed by atoms with E-state index < -0.39 is 12.1 Å². The van der Waals surface area contributed by atoms with Gasteiger partial charge in [0.2, 0.25) is 0 Å². The van der Waals surface area contributed by atoms with Gasteiger partial charge in [0.05, 0.1) is 0 Å². The van der Waals surface area contributed by atoms with E-state index in [1.165, 1.54) is 44.6 Å². The van der Waals surface area contributed by atoms with Crippen molar-refractivity contribution in [2.24, 2.45) is 0 Å². The number of carbonyl (C=O) groups is 1. The van der Waals surface area contributed by atoms with Crippen molar-refractivity contribution in [3.8, 4) is 0 Å². The molecule has 0 aromatic heterocycles. The second-order valence-corrected chi connectivity index (χ2v) is 5.70. The van der Waals surface area contributed by atoms with Crippen molar-refractivity contribution in [1.29, 1.82) is 0 Å². The molecule has 0 saturated carbocycles. The predicted octanol–water partition coefficient (Wildman–Crippen LogP) is 5.68. The molecule has 0 amide bonds. The van der Waals surface area contributed by atoms with Crippen LogP contribution < -0.4 is 0 Å². The minimum atomic E-state index is -1.01.